The van der Waals surface area contributed by atoms with Crippen LogP contribution in [0.2, 0.25) is 5.02 Å². The van der Waals surface area contributed by atoms with E-state index in [0.717, 1.165) is 25.8 Å². The standard InChI is InChI=1S/C14H22ClN3O2/c1-2-3-4-7-18(8-9-19)11-14(20)17-13-6-5-12(15)10-16-13/h5-6,10,19H,2-4,7-9,11H2,1H3,(H,16,17,20). The summed E-state index contributed by atoms with van der Waals surface area (Å²) in [6, 6.07) is 3.34. The van der Waals surface area contributed by atoms with Crippen LogP contribution in [0.25, 0.3) is 0 Å². The predicted octanol–water partition coefficient (Wildman–Crippen LogP) is 2.16. The highest BCUT2D eigenvalue weighted by Gasteiger charge is 2.10. The number of carbonyl (C=O) groups excluding carboxylic acids is 1. The van der Waals surface area contributed by atoms with E-state index < -0.39 is 0 Å². The molecule has 0 aliphatic heterocycles. The van der Waals surface area contributed by atoms with Crippen molar-refractivity contribution in [3.8, 4) is 0 Å². The van der Waals surface area contributed by atoms with E-state index in [0.29, 0.717) is 17.4 Å². The number of nitrogens with zero attached hydrogens (tertiary/aromatic N) is 2. The van der Waals surface area contributed by atoms with Crippen molar-refractivity contribution in [1.29, 1.82) is 0 Å². The maximum Gasteiger partial charge on any atom is 0.239 e. The number of aromatic nitrogens is 1. The summed E-state index contributed by atoms with van der Waals surface area (Å²) in [5, 5.41) is 12.3. The van der Waals surface area contributed by atoms with Gasteiger partial charge in [-0.1, -0.05) is 31.4 Å². The highest BCUT2D eigenvalue weighted by Crippen LogP contribution is 2.09. The first-order valence-corrected chi connectivity index (χ1v) is 7.28. The molecule has 0 saturated heterocycles. The van der Waals surface area contributed by atoms with Crippen LogP contribution in [0, 0.1) is 0 Å². The van der Waals surface area contributed by atoms with Crippen LogP contribution >= 0.6 is 11.6 Å². The van der Waals surface area contributed by atoms with E-state index in [4.69, 9.17) is 16.7 Å². The van der Waals surface area contributed by atoms with Crippen LogP contribution in [0.15, 0.2) is 18.3 Å². The van der Waals surface area contributed by atoms with E-state index in [1.165, 1.54) is 6.20 Å². The second-order valence-corrected chi connectivity index (χ2v) is 5.05. The Morgan fingerprint density at radius 3 is 2.80 bits per heavy atom. The number of hydrogen-bond donors (Lipinski definition) is 2. The minimum Gasteiger partial charge on any atom is -0.395 e. The average Bonchev–Trinajstić information content (AvgIpc) is 2.42. The van der Waals surface area contributed by atoms with Gasteiger partial charge in [-0.3, -0.25) is 9.69 Å². The number of amides is 1. The van der Waals surface area contributed by atoms with Crippen LogP contribution < -0.4 is 5.32 Å². The lowest BCUT2D eigenvalue weighted by Gasteiger charge is -2.20. The molecule has 0 fully saturated rings. The van der Waals surface area contributed by atoms with Gasteiger partial charge in [0.1, 0.15) is 5.82 Å². The monoisotopic (exact) mass is 299 g/mol. The van der Waals surface area contributed by atoms with E-state index in [1.807, 2.05) is 4.90 Å². The van der Waals surface area contributed by atoms with Crippen LogP contribution in [-0.2, 0) is 4.79 Å². The summed E-state index contributed by atoms with van der Waals surface area (Å²) in [6.45, 7) is 3.77. The quantitative estimate of drug-likeness (QED) is 0.686. The molecule has 6 heteroatoms. The van der Waals surface area contributed by atoms with Crippen molar-refractivity contribution >= 4 is 23.3 Å². The Labute approximate surface area is 125 Å². The molecule has 1 amide bonds. The van der Waals surface area contributed by atoms with Crippen molar-refractivity contribution in [2.45, 2.75) is 26.2 Å². The number of carbonyl (C=O) groups is 1. The van der Waals surface area contributed by atoms with E-state index in [-0.39, 0.29) is 19.1 Å². The van der Waals surface area contributed by atoms with Gasteiger partial charge in [-0.05, 0) is 25.1 Å². The van der Waals surface area contributed by atoms with Gasteiger partial charge >= 0.3 is 0 Å². The molecule has 0 bridgehead atoms. The zero-order valence-corrected chi connectivity index (χ0v) is 12.6. The molecular weight excluding hydrogens is 278 g/mol. The van der Waals surface area contributed by atoms with Gasteiger partial charge in [0, 0.05) is 12.7 Å². The van der Waals surface area contributed by atoms with E-state index in [9.17, 15) is 4.79 Å². The minimum atomic E-state index is -0.134. The summed E-state index contributed by atoms with van der Waals surface area (Å²) in [5.41, 5.74) is 0. The molecule has 2 N–H and O–H groups in total. The maximum atomic E-state index is 11.9. The summed E-state index contributed by atoms with van der Waals surface area (Å²) in [4.78, 5) is 17.9. The summed E-state index contributed by atoms with van der Waals surface area (Å²) >= 11 is 5.73. The summed E-state index contributed by atoms with van der Waals surface area (Å²) in [6.07, 6.45) is 4.78. The summed E-state index contributed by atoms with van der Waals surface area (Å²) in [7, 11) is 0. The van der Waals surface area contributed by atoms with Crippen molar-refractivity contribution in [3.63, 3.8) is 0 Å². The lowest BCUT2D eigenvalue weighted by atomic mass is 10.2. The maximum absolute atomic E-state index is 11.9. The van der Waals surface area contributed by atoms with Gasteiger partial charge < -0.3 is 10.4 Å². The van der Waals surface area contributed by atoms with Gasteiger partial charge in [0.25, 0.3) is 0 Å². The summed E-state index contributed by atoms with van der Waals surface area (Å²) in [5.74, 6) is 0.349. The first-order valence-electron chi connectivity index (χ1n) is 6.90. The van der Waals surface area contributed by atoms with Gasteiger partial charge in [-0.25, -0.2) is 4.98 Å². The Balaban J connectivity index is 2.42. The van der Waals surface area contributed by atoms with Gasteiger partial charge in [-0.2, -0.15) is 0 Å². The second kappa shape index (κ2) is 9.69. The Morgan fingerprint density at radius 2 is 2.20 bits per heavy atom. The normalized spacial score (nSPS) is 10.8. The molecule has 5 nitrogen and oxygen atoms in total. The number of nitrogens with one attached hydrogen (secondary N) is 1. The highest BCUT2D eigenvalue weighted by molar-refractivity contribution is 6.30. The van der Waals surface area contributed by atoms with Crippen LogP contribution in [0.1, 0.15) is 26.2 Å². The molecule has 112 valence electrons. The fraction of sp³-hybridized carbons (Fsp3) is 0.571. The molecule has 0 aliphatic rings. The average molecular weight is 300 g/mol. The Kier molecular flexibility index (Phi) is 8.18. The van der Waals surface area contributed by atoms with E-state index >= 15 is 0 Å². The topological polar surface area (TPSA) is 65.5 Å². The highest BCUT2D eigenvalue weighted by atomic mass is 35.5. The van der Waals surface area contributed by atoms with Gasteiger partial charge in [-0.15, -0.1) is 0 Å². The van der Waals surface area contributed by atoms with E-state index in [1.54, 1.807) is 12.1 Å². The number of rotatable bonds is 9. The third-order valence-electron chi connectivity index (χ3n) is 2.86. The van der Waals surface area contributed by atoms with Crippen LogP contribution in [-0.4, -0.2) is 47.1 Å². The zero-order valence-electron chi connectivity index (χ0n) is 11.8. The van der Waals surface area contributed by atoms with Crippen molar-refractivity contribution in [3.05, 3.63) is 23.4 Å². The largest absolute Gasteiger partial charge is 0.395 e. The first-order chi connectivity index (χ1) is 9.65. The van der Waals surface area contributed by atoms with Gasteiger partial charge in [0.05, 0.1) is 18.2 Å². The number of pyridine rings is 1. The van der Waals surface area contributed by atoms with Crippen LogP contribution in [0.3, 0.4) is 0 Å². The van der Waals surface area contributed by atoms with E-state index in [2.05, 4.69) is 17.2 Å². The van der Waals surface area contributed by atoms with Crippen LogP contribution in [0.4, 0.5) is 5.82 Å². The predicted molar refractivity (Wildman–Crippen MR) is 80.9 cm³/mol. The van der Waals surface area contributed by atoms with Gasteiger partial charge in [0.2, 0.25) is 5.91 Å². The molecule has 20 heavy (non-hydrogen) atoms. The molecule has 1 heterocycles. The number of hydrogen-bond acceptors (Lipinski definition) is 4. The number of aliphatic hydroxyl groups excluding tert-OH is 1. The van der Waals surface area contributed by atoms with Gasteiger partial charge in [0.15, 0.2) is 0 Å². The second-order valence-electron chi connectivity index (χ2n) is 4.62. The smallest absolute Gasteiger partial charge is 0.239 e. The molecule has 0 unspecified atom stereocenters. The Hall–Kier alpha value is -1.17. The third kappa shape index (κ3) is 6.84. The number of halogens is 1. The lowest BCUT2D eigenvalue weighted by molar-refractivity contribution is -0.117. The molecule has 0 aliphatic carbocycles. The van der Waals surface area contributed by atoms with Crippen LogP contribution in [0.5, 0.6) is 0 Å². The first kappa shape index (κ1) is 16.9. The van der Waals surface area contributed by atoms with Crippen molar-refractivity contribution < 1.29 is 9.90 Å². The Morgan fingerprint density at radius 1 is 1.40 bits per heavy atom. The molecule has 1 rings (SSSR count). The number of aliphatic hydroxyl groups is 1. The fourth-order valence-electron chi connectivity index (χ4n) is 1.83. The SMILES string of the molecule is CCCCCN(CCO)CC(=O)Nc1ccc(Cl)cn1. The summed E-state index contributed by atoms with van der Waals surface area (Å²) < 4.78 is 0. The van der Waals surface area contributed by atoms with Crippen molar-refractivity contribution in [2.75, 3.05) is 31.6 Å². The lowest BCUT2D eigenvalue weighted by Crippen LogP contribution is -2.36. The molecule has 0 radical (unpaired) electrons. The fourth-order valence-corrected chi connectivity index (χ4v) is 1.94. The third-order valence-corrected chi connectivity index (χ3v) is 3.08. The molecule has 0 atom stereocenters. The molecule has 0 spiro atoms. The molecule has 0 aromatic carbocycles. The molecule has 1 aromatic heterocycles. The molecular formula is C14H22ClN3O2. The van der Waals surface area contributed by atoms with Crippen molar-refractivity contribution in [1.82, 2.24) is 9.88 Å². The number of unbranched alkanes of at least 4 members (excludes halogenated alkanes) is 2. The number of anilines is 1. The minimum absolute atomic E-state index is 0.0542. The zero-order chi connectivity index (χ0) is 14.8. The van der Waals surface area contributed by atoms with Crippen molar-refractivity contribution in [2.24, 2.45) is 0 Å². The molecule has 0 saturated carbocycles. The Bertz CT molecular complexity index is 398. The molecule has 1 aromatic rings.